The number of nitriles is 1. The normalized spacial score (nSPS) is 15.3. The third-order valence-electron chi connectivity index (χ3n) is 4.45. The molecule has 8 heteroatoms. The lowest BCUT2D eigenvalue weighted by atomic mass is 10.00. The highest BCUT2D eigenvalue weighted by molar-refractivity contribution is 5.82. The van der Waals surface area contributed by atoms with Gasteiger partial charge in [-0.15, -0.1) is 0 Å². The Morgan fingerprint density at radius 1 is 1.31 bits per heavy atom. The minimum absolute atomic E-state index is 0.340. The monoisotopic (exact) mass is 354 g/mol. The van der Waals surface area contributed by atoms with Gasteiger partial charge in [0, 0.05) is 0 Å². The van der Waals surface area contributed by atoms with Gasteiger partial charge in [0.25, 0.3) is 11.5 Å². The summed E-state index contributed by atoms with van der Waals surface area (Å²) in [6.45, 7) is -0.828. The van der Waals surface area contributed by atoms with Crippen LogP contribution in [0.4, 0.5) is 0 Å². The first-order chi connectivity index (χ1) is 12.5. The van der Waals surface area contributed by atoms with Crippen molar-refractivity contribution in [2.24, 2.45) is 0 Å². The molecule has 2 aromatic rings. The maximum atomic E-state index is 12.3. The van der Waals surface area contributed by atoms with E-state index in [1.807, 2.05) is 0 Å². The third kappa shape index (κ3) is 3.72. The molecule has 1 aliphatic carbocycles. The van der Waals surface area contributed by atoms with Gasteiger partial charge in [-0.3, -0.25) is 19.0 Å². The van der Waals surface area contributed by atoms with Crippen molar-refractivity contribution in [1.82, 2.24) is 14.9 Å². The summed E-state index contributed by atoms with van der Waals surface area (Å²) in [7, 11) is 0. The molecule has 26 heavy (non-hydrogen) atoms. The summed E-state index contributed by atoms with van der Waals surface area (Å²) in [5.74, 6) is -1.25. The van der Waals surface area contributed by atoms with Crippen molar-refractivity contribution in [3.05, 3.63) is 40.9 Å². The molecule has 0 bridgehead atoms. The zero-order chi connectivity index (χ0) is 18.6. The van der Waals surface area contributed by atoms with Gasteiger partial charge in [-0.2, -0.15) is 5.26 Å². The van der Waals surface area contributed by atoms with E-state index in [0.29, 0.717) is 23.7 Å². The van der Waals surface area contributed by atoms with Crippen LogP contribution in [0, 0.1) is 11.3 Å². The van der Waals surface area contributed by atoms with Gasteiger partial charge in [-0.25, -0.2) is 4.98 Å². The molecule has 1 aromatic carbocycles. The van der Waals surface area contributed by atoms with Crippen molar-refractivity contribution >= 4 is 22.8 Å². The van der Waals surface area contributed by atoms with Crippen molar-refractivity contribution in [2.45, 2.75) is 37.8 Å². The molecule has 1 saturated carbocycles. The summed E-state index contributed by atoms with van der Waals surface area (Å²) in [5.41, 5.74) is -0.672. The summed E-state index contributed by atoms with van der Waals surface area (Å²) < 4.78 is 6.06. The Labute approximate surface area is 149 Å². The fraction of sp³-hybridized carbons (Fsp3) is 0.389. The second-order valence-electron chi connectivity index (χ2n) is 6.30. The number of esters is 1. The lowest BCUT2D eigenvalue weighted by Gasteiger charge is -2.21. The van der Waals surface area contributed by atoms with Crippen LogP contribution in [0.5, 0.6) is 0 Å². The minimum Gasteiger partial charge on any atom is -0.454 e. The Hall–Kier alpha value is -3.21. The van der Waals surface area contributed by atoms with Crippen LogP contribution in [0.15, 0.2) is 35.4 Å². The fourth-order valence-corrected chi connectivity index (χ4v) is 3.10. The Bertz CT molecular complexity index is 938. The van der Waals surface area contributed by atoms with Gasteiger partial charge in [0.15, 0.2) is 6.61 Å². The highest BCUT2D eigenvalue weighted by Gasteiger charge is 2.35. The molecule has 0 aliphatic heterocycles. The molecule has 134 valence electrons. The first kappa shape index (κ1) is 17.6. The van der Waals surface area contributed by atoms with E-state index in [9.17, 15) is 19.6 Å². The number of nitrogens with zero attached hydrogens (tertiary/aromatic N) is 3. The van der Waals surface area contributed by atoms with E-state index in [-0.39, 0.29) is 12.1 Å². The lowest BCUT2D eigenvalue weighted by molar-refractivity contribution is -0.149. The minimum atomic E-state index is -0.858. The quantitative estimate of drug-likeness (QED) is 0.798. The predicted molar refractivity (Wildman–Crippen MR) is 91.9 cm³/mol. The Morgan fingerprint density at radius 2 is 2.04 bits per heavy atom. The number of fused-ring (bicyclic) bond motifs is 1. The van der Waals surface area contributed by atoms with E-state index in [2.05, 4.69) is 16.4 Å². The van der Waals surface area contributed by atoms with Gasteiger partial charge in [0.1, 0.15) is 12.1 Å². The third-order valence-corrected chi connectivity index (χ3v) is 4.45. The van der Waals surface area contributed by atoms with E-state index in [0.717, 1.165) is 17.4 Å². The van der Waals surface area contributed by atoms with Crippen molar-refractivity contribution in [3.8, 4) is 6.07 Å². The van der Waals surface area contributed by atoms with Crippen LogP contribution in [0.2, 0.25) is 0 Å². The van der Waals surface area contributed by atoms with Crippen molar-refractivity contribution in [1.29, 1.82) is 5.26 Å². The average Bonchev–Trinajstić information content (AvgIpc) is 3.11. The largest absolute Gasteiger partial charge is 0.454 e. The average molecular weight is 354 g/mol. The number of rotatable bonds is 5. The number of benzene rings is 1. The highest BCUT2D eigenvalue weighted by atomic mass is 16.5. The number of aromatic nitrogens is 2. The molecule has 8 nitrogen and oxygen atoms in total. The van der Waals surface area contributed by atoms with Crippen LogP contribution in [0.1, 0.15) is 25.7 Å². The Kier molecular flexibility index (Phi) is 4.98. The van der Waals surface area contributed by atoms with E-state index in [4.69, 9.17) is 4.74 Å². The smallest absolute Gasteiger partial charge is 0.326 e. The topological polar surface area (TPSA) is 114 Å². The number of hydrogen-bond donors (Lipinski definition) is 1. The van der Waals surface area contributed by atoms with E-state index in [1.165, 1.54) is 6.33 Å². The van der Waals surface area contributed by atoms with Gasteiger partial charge >= 0.3 is 5.97 Å². The summed E-state index contributed by atoms with van der Waals surface area (Å²) in [4.78, 5) is 40.3. The van der Waals surface area contributed by atoms with Crippen LogP contribution in [0.25, 0.3) is 10.9 Å². The zero-order valence-electron chi connectivity index (χ0n) is 14.1. The second-order valence-corrected chi connectivity index (χ2v) is 6.30. The maximum Gasteiger partial charge on any atom is 0.326 e. The summed E-state index contributed by atoms with van der Waals surface area (Å²) >= 11 is 0. The Morgan fingerprint density at radius 3 is 2.77 bits per heavy atom. The maximum absolute atomic E-state index is 12.3. The number of carbonyl (C=O) groups is 2. The van der Waals surface area contributed by atoms with Crippen LogP contribution < -0.4 is 10.9 Å². The van der Waals surface area contributed by atoms with E-state index < -0.39 is 24.0 Å². The number of hydrogen-bond acceptors (Lipinski definition) is 6. The Balaban J connectivity index is 1.58. The molecule has 0 saturated heterocycles. The molecule has 0 spiro atoms. The molecular weight excluding hydrogens is 336 g/mol. The number of ether oxygens (including phenoxy) is 1. The number of amides is 1. The summed E-state index contributed by atoms with van der Waals surface area (Å²) in [6, 6.07) is 8.95. The lowest BCUT2D eigenvalue weighted by Crippen LogP contribution is -2.46. The van der Waals surface area contributed by atoms with Crippen LogP contribution in [-0.4, -0.2) is 33.6 Å². The van der Waals surface area contributed by atoms with Crippen molar-refractivity contribution < 1.29 is 14.3 Å². The van der Waals surface area contributed by atoms with Gasteiger partial charge < -0.3 is 10.1 Å². The van der Waals surface area contributed by atoms with Crippen LogP contribution in [-0.2, 0) is 20.9 Å². The molecule has 1 N–H and O–H groups in total. The molecule has 0 radical (unpaired) electrons. The molecule has 1 heterocycles. The standard InChI is InChI=1S/C18H18N4O4/c19-11-18(7-3-4-8-18)21-15(23)10-26-16(24)9-22-12-20-14-6-2-1-5-13(14)17(22)25/h1-2,5-6,12H,3-4,7-10H2,(H,21,23). The van der Waals surface area contributed by atoms with Gasteiger partial charge in [0.05, 0.1) is 23.3 Å². The van der Waals surface area contributed by atoms with Crippen LogP contribution >= 0.6 is 0 Å². The van der Waals surface area contributed by atoms with Crippen molar-refractivity contribution in [2.75, 3.05) is 6.61 Å². The molecule has 1 aromatic heterocycles. The molecule has 1 aliphatic rings. The van der Waals surface area contributed by atoms with E-state index in [1.54, 1.807) is 24.3 Å². The number of para-hydroxylation sites is 1. The zero-order valence-corrected chi connectivity index (χ0v) is 14.1. The summed E-state index contributed by atoms with van der Waals surface area (Å²) in [5, 5.41) is 12.3. The second kappa shape index (κ2) is 7.35. The molecule has 1 amide bonds. The predicted octanol–water partition coefficient (Wildman–Crippen LogP) is 0.892. The van der Waals surface area contributed by atoms with Crippen molar-refractivity contribution in [3.63, 3.8) is 0 Å². The summed E-state index contributed by atoms with van der Waals surface area (Å²) in [6.07, 6.45) is 4.23. The fourth-order valence-electron chi connectivity index (χ4n) is 3.10. The highest BCUT2D eigenvalue weighted by Crippen LogP contribution is 2.28. The van der Waals surface area contributed by atoms with Gasteiger partial charge in [-0.1, -0.05) is 12.1 Å². The number of carbonyl (C=O) groups excluding carboxylic acids is 2. The van der Waals surface area contributed by atoms with Crippen LogP contribution in [0.3, 0.4) is 0 Å². The molecule has 1 fully saturated rings. The SMILES string of the molecule is N#CC1(NC(=O)COC(=O)Cn2cnc3ccccc3c2=O)CCCC1. The first-order valence-electron chi connectivity index (χ1n) is 8.35. The van der Waals surface area contributed by atoms with Gasteiger partial charge in [-0.05, 0) is 37.8 Å². The first-order valence-corrected chi connectivity index (χ1v) is 8.35. The number of nitrogens with one attached hydrogen (secondary N) is 1. The van der Waals surface area contributed by atoms with Gasteiger partial charge in [0.2, 0.25) is 0 Å². The molecule has 3 rings (SSSR count). The van der Waals surface area contributed by atoms with E-state index >= 15 is 0 Å². The molecular formula is C18H18N4O4. The molecule has 0 atom stereocenters. The molecule has 0 unspecified atom stereocenters.